The molecule has 2 rings (SSSR count). The van der Waals surface area contributed by atoms with Gasteiger partial charge in [0.1, 0.15) is 5.51 Å². The Morgan fingerprint density at radius 3 is 3.06 bits per heavy atom. The molecule has 1 N–H and O–H groups in total. The van der Waals surface area contributed by atoms with Crippen LogP contribution in [0, 0.1) is 5.41 Å². The summed E-state index contributed by atoms with van der Waals surface area (Å²) in [6.07, 6.45) is 3.77. The van der Waals surface area contributed by atoms with Gasteiger partial charge in [-0.25, -0.2) is 0 Å². The molecule has 1 aromatic rings. The molecule has 0 spiro atoms. The first-order valence-corrected chi connectivity index (χ1v) is 8.05. The van der Waals surface area contributed by atoms with Crippen molar-refractivity contribution in [1.29, 1.82) is 0 Å². The van der Waals surface area contributed by atoms with E-state index < -0.39 is 0 Å². The predicted molar refractivity (Wildman–Crippen MR) is 74.7 cm³/mol. The molecule has 2 unspecified atom stereocenters. The van der Waals surface area contributed by atoms with E-state index in [1.807, 2.05) is 17.3 Å². The van der Waals surface area contributed by atoms with Gasteiger partial charge >= 0.3 is 0 Å². The van der Waals surface area contributed by atoms with E-state index in [-0.39, 0.29) is 0 Å². The van der Waals surface area contributed by atoms with Gasteiger partial charge in [-0.15, -0.1) is 10.2 Å². The van der Waals surface area contributed by atoms with Crippen LogP contribution in [-0.2, 0) is 0 Å². The van der Waals surface area contributed by atoms with Gasteiger partial charge in [-0.05, 0) is 31.2 Å². The minimum atomic E-state index is 0.400. The number of nitrogens with zero attached hydrogens (tertiary/aromatic N) is 2. The fraction of sp³-hybridized carbons (Fsp3) is 0.833. The van der Waals surface area contributed by atoms with E-state index >= 15 is 0 Å². The maximum Gasteiger partial charge on any atom is 0.174 e. The molecule has 1 aliphatic rings. The molecule has 3 nitrogen and oxygen atoms in total. The van der Waals surface area contributed by atoms with Gasteiger partial charge in [0.2, 0.25) is 0 Å². The zero-order chi connectivity index (χ0) is 12.3. The van der Waals surface area contributed by atoms with E-state index in [9.17, 15) is 0 Å². The highest BCUT2D eigenvalue weighted by molar-refractivity contribution is 8.01. The first-order chi connectivity index (χ1) is 8.13. The Kier molecular flexibility index (Phi) is 4.44. The highest BCUT2D eigenvalue weighted by atomic mass is 32.2. The molecule has 2 atom stereocenters. The third kappa shape index (κ3) is 3.20. The van der Waals surface area contributed by atoms with Crippen molar-refractivity contribution in [2.45, 2.75) is 55.7 Å². The van der Waals surface area contributed by atoms with Crippen molar-refractivity contribution in [2.24, 2.45) is 5.41 Å². The second kappa shape index (κ2) is 5.67. The number of rotatable bonds is 5. The topological polar surface area (TPSA) is 37.8 Å². The number of hydrogen-bond acceptors (Lipinski definition) is 5. The molecule has 1 aliphatic carbocycles. The Morgan fingerprint density at radius 1 is 1.59 bits per heavy atom. The van der Waals surface area contributed by atoms with E-state index in [4.69, 9.17) is 0 Å². The molecule has 0 aromatic carbocycles. The monoisotopic (exact) mass is 271 g/mol. The second-order valence-electron chi connectivity index (χ2n) is 5.32. The van der Waals surface area contributed by atoms with Crippen LogP contribution in [0.15, 0.2) is 9.85 Å². The zero-order valence-corrected chi connectivity index (χ0v) is 12.4. The van der Waals surface area contributed by atoms with E-state index in [1.54, 1.807) is 11.3 Å². The smallest absolute Gasteiger partial charge is 0.174 e. The van der Waals surface area contributed by atoms with Gasteiger partial charge in [-0.2, -0.15) is 0 Å². The van der Waals surface area contributed by atoms with E-state index in [0.717, 1.165) is 10.9 Å². The molecule has 1 fully saturated rings. The van der Waals surface area contributed by atoms with Crippen LogP contribution in [0.2, 0.25) is 0 Å². The van der Waals surface area contributed by atoms with Crippen LogP contribution in [0.3, 0.4) is 0 Å². The fourth-order valence-corrected chi connectivity index (χ4v) is 4.71. The molecule has 1 heterocycles. The first kappa shape index (κ1) is 13.3. The van der Waals surface area contributed by atoms with Crippen molar-refractivity contribution in [3.05, 3.63) is 5.51 Å². The van der Waals surface area contributed by atoms with Gasteiger partial charge in [-0.1, -0.05) is 43.9 Å². The Morgan fingerprint density at radius 2 is 2.41 bits per heavy atom. The van der Waals surface area contributed by atoms with Gasteiger partial charge in [-0.3, -0.25) is 0 Å². The summed E-state index contributed by atoms with van der Waals surface area (Å²) in [7, 11) is 0. The van der Waals surface area contributed by atoms with Crippen LogP contribution in [0.25, 0.3) is 0 Å². The number of aromatic nitrogens is 2. The predicted octanol–water partition coefficient (Wildman–Crippen LogP) is 3.19. The molecule has 5 heteroatoms. The van der Waals surface area contributed by atoms with E-state index in [1.165, 1.54) is 19.3 Å². The van der Waals surface area contributed by atoms with Crippen LogP contribution in [0.4, 0.5) is 0 Å². The lowest BCUT2D eigenvalue weighted by Crippen LogP contribution is -2.43. The first-order valence-electron chi connectivity index (χ1n) is 6.29. The SMILES string of the molecule is CCCNC1C(Sc2nncs2)CCC1(C)C. The highest BCUT2D eigenvalue weighted by Crippen LogP contribution is 2.45. The standard InChI is InChI=1S/C12H21N3S2/c1-4-7-13-10-9(5-6-12(10,2)3)17-11-15-14-8-16-11/h8-10,13H,4-7H2,1-3H3. The van der Waals surface area contributed by atoms with Gasteiger partial charge in [0, 0.05) is 11.3 Å². The summed E-state index contributed by atoms with van der Waals surface area (Å²) >= 11 is 3.55. The molecule has 0 radical (unpaired) electrons. The third-order valence-corrected chi connectivity index (χ3v) is 5.65. The minimum Gasteiger partial charge on any atom is -0.312 e. The summed E-state index contributed by atoms with van der Waals surface area (Å²) in [5.74, 6) is 0. The average Bonchev–Trinajstić information content (AvgIpc) is 2.86. The van der Waals surface area contributed by atoms with Crippen LogP contribution in [0.5, 0.6) is 0 Å². The van der Waals surface area contributed by atoms with Gasteiger partial charge in [0.15, 0.2) is 4.34 Å². The Balaban J connectivity index is 2.00. The number of thioether (sulfide) groups is 1. The maximum absolute atomic E-state index is 4.15. The quantitative estimate of drug-likeness (QED) is 0.892. The lowest BCUT2D eigenvalue weighted by molar-refractivity contribution is 0.287. The molecule has 17 heavy (non-hydrogen) atoms. The van der Waals surface area contributed by atoms with Crippen molar-refractivity contribution < 1.29 is 0 Å². The summed E-state index contributed by atoms with van der Waals surface area (Å²) in [6.45, 7) is 8.09. The molecule has 0 aliphatic heterocycles. The Labute approximate surface area is 112 Å². The van der Waals surface area contributed by atoms with Crippen molar-refractivity contribution in [2.75, 3.05) is 6.54 Å². The molecule has 96 valence electrons. The van der Waals surface area contributed by atoms with E-state index in [0.29, 0.717) is 16.7 Å². The molecule has 0 amide bonds. The molecular weight excluding hydrogens is 250 g/mol. The summed E-state index contributed by atoms with van der Waals surface area (Å²) in [5, 5.41) is 12.4. The molecular formula is C12H21N3S2. The normalized spacial score (nSPS) is 27.5. The van der Waals surface area contributed by atoms with Crippen LogP contribution >= 0.6 is 23.1 Å². The van der Waals surface area contributed by atoms with Crippen LogP contribution in [0.1, 0.15) is 40.0 Å². The van der Waals surface area contributed by atoms with Gasteiger partial charge in [0.25, 0.3) is 0 Å². The molecule has 1 saturated carbocycles. The fourth-order valence-electron chi connectivity index (χ4n) is 2.52. The number of nitrogens with one attached hydrogen (secondary N) is 1. The maximum atomic E-state index is 4.15. The van der Waals surface area contributed by atoms with E-state index in [2.05, 4.69) is 36.3 Å². The Hall–Kier alpha value is -0.130. The van der Waals surface area contributed by atoms with Crippen LogP contribution in [-0.4, -0.2) is 28.0 Å². The van der Waals surface area contributed by atoms with Gasteiger partial charge in [0.05, 0.1) is 0 Å². The summed E-state index contributed by atoms with van der Waals surface area (Å²) in [5.41, 5.74) is 2.22. The number of hydrogen-bond donors (Lipinski definition) is 1. The van der Waals surface area contributed by atoms with Crippen molar-refractivity contribution in [3.63, 3.8) is 0 Å². The van der Waals surface area contributed by atoms with Crippen molar-refractivity contribution in [3.8, 4) is 0 Å². The summed E-state index contributed by atoms with van der Waals surface area (Å²) in [6, 6.07) is 0.594. The molecule has 0 bridgehead atoms. The lowest BCUT2D eigenvalue weighted by atomic mass is 9.87. The van der Waals surface area contributed by atoms with Crippen LogP contribution < -0.4 is 5.32 Å². The average molecular weight is 271 g/mol. The molecule has 0 saturated heterocycles. The summed E-state index contributed by atoms with van der Waals surface area (Å²) in [4.78, 5) is 0. The summed E-state index contributed by atoms with van der Waals surface area (Å²) < 4.78 is 1.11. The zero-order valence-electron chi connectivity index (χ0n) is 10.8. The third-order valence-electron chi connectivity index (χ3n) is 3.49. The Bertz CT molecular complexity index is 338. The molecule has 1 aromatic heterocycles. The highest BCUT2D eigenvalue weighted by Gasteiger charge is 2.42. The second-order valence-corrected chi connectivity index (χ2v) is 7.64. The van der Waals surface area contributed by atoms with Crippen molar-refractivity contribution >= 4 is 23.1 Å². The van der Waals surface area contributed by atoms with Crippen molar-refractivity contribution in [1.82, 2.24) is 15.5 Å². The largest absolute Gasteiger partial charge is 0.312 e. The minimum absolute atomic E-state index is 0.400. The lowest BCUT2D eigenvalue weighted by Gasteiger charge is -2.31. The van der Waals surface area contributed by atoms with Gasteiger partial charge < -0.3 is 5.32 Å².